The monoisotopic (exact) mass is 413 g/mol. The van der Waals surface area contributed by atoms with Crippen molar-refractivity contribution < 1.29 is 22.7 Å². The van der Waals surface area contributed by atoms with E-state index in [0.717, 1.165) is 0 Å². The molecule has 0 bridgehead atoms. The normalized spacial score (nSPS) is 14.3. The largest absolute Gasteiger partial charge is 0.497 e. The van der Waals surface area contributed by atoms with Gasteiger partial charge in [0.2, 0.25) is 15.0 Å². The lowest BCUT2D eigenvalue weighted by Crippen LogP contribution is -2.18. The fraction of sp³-hybridized carbons (Fsp3) is 0.200. The van der Waals surface area contributed by atoms with Crippen LogP contribution in [-0.2, 0) is 16.4 Å². The van der Waals surface area contributed by atoms with E-state index in [4.69, 9.17) is 9.47 Å². The highest BCUT2D eigenvalue weighted by molar-refractivity contribution is 7.91. The molecule has 1 N–H and O–H groups in total. The maximum Gasteiger partial charge on any atom is 0.274 e. The number of ether oxygens (including phenoxy) is 2. The third kappa shape index (κ3) is 3.33. The number of amides is 1. The van der Waals surface area contributed by atoms with Crippen LogP contribution in [-0.4, -0.2) is 43.8 Å². The lowest BCUT2D eigenvalue weighted by Gasteiger charge is -2.12. The zero-order valence-corrected chi connectivity index (χ0v) is 16.7. The minimum Gasteiger partial charge on any atom is -0.497 e. The number of nitrogens with zero attached hydrogens (tertiary/aromatic N) is 2. The summed E-state index contributed by atoms with van der Waals surface area (Å²) in [5, 5.41) is 2.71. The van der Waals surface area contributed by atoms with Crippen molar-refractivity contribution in [1.82, 2.24) is 9.55 Å². The smallest absolute Gasteiger partial charge is 0.274 e. The third-order valence-electron chi connectivity index (χ3n) is 4.71. The van der Waals surface area contributed by atoms with Crippen LogP contribution in [0.5, 0.6) is 11.5 Å². The predicted octanol–water partition coefficient (Wildman–Crippen LogP) is 2.61. The second kappa shape index (κ2) is 7.25. The maximum atomic E-state index is 13.2. The van der Waals surface area contributed by atoms with Gasteiger partial charge in [0, 0.05) is 12.1 Å². The van der Waals surface area contributed by atoms with Gasteiger partial charge in [0.25, 0.3) is 5.91 Å². The van der Waals surface area contributed by atoms with Gasteiger partial charge in [0.15, 0.2) is 0 Å². The maximum absolute atomic E-state index is 13.2. The van der Waals surface area contributed by atoms with Gasteiger partial charge in [-0.15, -0.1) is 0 Å². The van der Waals surface area contributed by atoms with Crippen molar-refractivity contribution in [2.75, 3.05) is 25.3 Å². The van der Waals surface area contributed by atoms with Gasteiger partial charge in [0.05, 0.1) is 25.7 Å². The Morgan fingerprint density at radius 3 is 2.66 bits per heavy atom. The van der Waals surface area contributed by atoms with Gasteiger partial charge in [0.1, 0.15) is 22.9 Å². The summed E-state index contributed by atoms with van der Waals surface area (Å²) in [6.07, 6.45) is 0. The van der Waals surface area contributed by atoms with Crippen LogP contribution in [0.1, 0.15) is 10.5 Å². The molecule has 1 aliphatic heterocycles. The van der Waals surface area contributed by atoms with Crippen LogP contribution in [0.4, 0.5) is 5.69 Å². The van der Waals surface area contributed by atoms with Crippen LogP contribution in [0.2, 0.25) is 0 Å². The SMILES string of the molecule is COc1cccc(-c2nc3n(c2C(=O)Nc2ccccc2OC)CCS3(=O)=O)c1. The van der Waals surface area contributed by atoms with Crippen molar-refractivity contribution in [3.63, 3.8) is 0 Å². The van der Waals surface area contributed by atoms with Gasteiger partial charge >= 0.3 is 0 Å². The van der Waals surface area contributed by atoms with E-state index in [1.165, 1.54) is 18.8 Å². The summed E-state index contributed by atoms with van der Waals surface area (Å²) in [6, 6.07) is 14.0. The fourth-order valence-corrected chi connectivity index (χ4v) is 4.67. The molecule has 0 unspecified atom stereocenters. The van der Waals surface area contributed by atoms with E-state index in [0.29, 0.717) is 22.7 Å². The molecular formula is C20H19N3O5S. The van der Waals surface area contributed by atoms with Gasteiger partial charge in [-0.2, -0.15) is 0 Å². The Morgan fingerprint density at radius 1 is 1.10 bits per heavy atom. The Labute approximate surface area is 168 Å². The van der Waals surface area contributed by atoms with Crippen LogP contribution in [0.15, 0.2) is 53.7 Å². The summed E-state index contributed by atoms with van der Waals surface area (Å²) in [7, 11) is -0.491. The van der Waals surface area contributed by atoms with Gasteiger partial charge < -0.3 is 19.4 Å². The Bertz CT molecular complexity index is 1200. The number of benzene rings is 2. The molecule has 0 saturated heterocycles. The minimum atomic E-state index is -3.53. The summed E-state index contributed by atoms with van der Waals surface area (Å²) in [4.78, 5) is 17.5. The Kier molecular flexibility index (Phi) is 4.75. The molecule has 3 aromatic rings. The number of anilines is 1. The third-order valence-corrected chi connectivity index (χ3v) is 6.30. The molecule has 1 amide bonds. The molecule has 0 radical (unpaired) electrons. The highest BCUT2D eigenvalue weighted by Crippen LogP contribution is 2.33. The summed E-state index contributed by atoms with van der Waals surface area (Å²) < 4.78 is 36.8. The molecule has 9 heteroatoms. The van der Waals surface area contributed by atoms with Gasteiger partial charge in [-0.1, -0.05) is 24.3 Å². The number of rotatable bonds is 5. The number of sulfone groups is 1. The van der Waals surface area contributed by atoms with E-state index in [-0.39, 0.29) is 28.8 Å². The van der Waals surface area contributed by atoms with E-state index in [1.54, 1.807) is 48.5 Å². The average molecular weight is 413 g/mol. The molecule has 0 saturated carbocycles. The molecule has 8 nitrogen and oxygen atoms in total. The van der Waals surface area contributed by atoms with Crippen molar-refractivity contribution >= 4 is 21.4 Å². The molecule has 2 aromatic carbocycles. The number of imidazole rings is 1. The fourth-order valence-electron chi connectivity index (χ4n) is 3.31. The zero-order valence-electron chi connectivity index (χ0n) is 15.9. The van der Waals surface area contributed by atoms with Gasteiger partial charge in [-0.05, 0) is 24.3 Å². The second-order valence-electron chi connectivity index (χ2n) is 6.45. The minimum absolute atomic E-state index is 0.0807. The number of hydrogen-bond donors (Lipinski definition) is 1. The molecule has 0 fully saturated rings. The standard InChI is InChI=1S/C20H19N3O5S/c1-27-14-7-5-6-13(12-14)17-18(23-10-11-29(25,26)20(23)22-17)19(24)21-15-8-3-4-9-16(15)28-2/h3-9,12H,10-11H2,1-2H3,(H,21,24). The molecule has 4 rings (SSSR count). The van der Waals surface area contributed by atoms with E-state index >= 15 is 0 Å². The highest BCUT2D eigenvalue weighted by atomic mass is 32.2. The van der Waals surface area contributed by atoms with Crippen molar-refractivity contribution in [2.24, 2.45) is 0 Å². The average Bonchev–Trinajstić information content (AvgIpc) is 3.26. The van der Waals surface area contributed by atoms with Gasteiger partial charge in [-0.25, -0.2) is 13.4 Å². The lowest BCUT2D eigenvalue weighted by molar-refractivity contribution is 0.101. The first kappa shape index (κ1) is 19.0. The Morgan fingerprint density at radius 2 is 1.90 bits per heavy atom. The first-order valence-corrected chi connectivity index (χ1v) is 10.5. The number of para-hydroxylation sites is 2. The molecule has 29 heavy (non-hydrogen) atoms. The summed E-state index contributed by atoms with van der Waals surface area (Å²) in [5.74, 6) is 0.526. The van der Waals surface area contributed by atoms with E-state index in [1.807, 2.05) is 0 Å². The number of nitrogens with one attached hydrogen (secondary N) is 1. The quantitative estimate of drug-likeness (QED) is 0.690. The predicted molar refractivity (Wildman–Crippen MR) is 107 cm³/mol. The topological polar surface area (TPSA) is 99.5 Å². The molecule has 0 spiro atoms. The number of carbonyl (C=O) groups excluding carboxylic acids is 1. The molecule has 1 aromatic heterocycles. The zero-order chi connectivity index (χ0) is 20.6. The first-order valence-electron chi connectivity index (χ1n) is 8.86. The van der Waals surface area contributed by atoms with E-state index in [9.17, 15) is 13.2 Å². The van der Waals surface area contributed by atoms with Crippen molar-refractivity contribution in [1.29, 1.82) is 0 Å². The number of fused-ring (bicyclic) bond motifs is 1. The summed E-state index contributed by atoms with van der Waals surface area (Å²) in [5.41, 5.74) is 1.54. The summed E-state index contributed by atoms with van der Waals surface area (Å²) >= 11 is 0. The molecule has 0 atom stereocenters. The number of aromatic nitrogens is 2. The highest BCUT2D eigenvalue weighted by Gasteiger charge is 2.35. The van der Waals surface area contributed by atoms with Crippen molar-refractivity contribution in [3.8, 4) is 22.8 Å². The molecule has 1 aliphatic rings. The van der Waals surface area contributed by atoms with Crippen LogP contribution in [0.25, 0.3) is 11.3 Å². The number of methoxy groups -OCH3 is 2. The van der Waals surface area contributed by atoms with E-state index < -0.39 is 15.7 Å². The van der Waals surface area contributed by atoms with E-state index in [2.05, 4.69) is 10.3 Å². The van der Waals surface area contributed by atoms with Crippen LogP contribution in [0, 0.1) is 0 Å². The number of carbonyl (C=O) groups is 1. The molecule has 2 heterocycles. The van der Waals surface area contributed by atoms with Crippen LogP contribution < -0.4 is 14.8 Å². The Hall–Kier alpha value is -3.33. The summed E-state index contributed by atoms with van der Waals surface area (Å²) in [6.45, 7) is 0.170. The Balaban J connectivity index is 1.84. The van der Waals surface area contributed by atoms with Crippen LogP contribution in [0.3, 0.4) is 0 Å². The van der Waals surface area contributed by atoms with Crippen molar-refractivity contribution in [2.45, 2.75) is 11.7 Å². The first-order chi connectivity index (χ1) is 13.9. The lowest BCUT2D eigenvalue weighted by atomic mass is 10.1. The van der Waals surface area contributed by atoms with Crippen molar-refractivity contribution in [3.05, 3.63) is 54.2 Å². The number of hydrogen-bond acceptors (Lipinski definition) is 6. The van der Waals surface area contributed by atoms with Gasteiger partial charge in [-0.3, -0.25) is 4.79 Å². The second-order valence-corrected chi connectivity index (χ2v) is 8.45. The molecular weight excluding hydrogens is 394 g/mol. The van der Waals surface area contributed by atoms with Crippen LogP contribution >= 0.6 is 0 Å². The molecule has 0 aliphatic carbocycles. The molecule has 150 valence electrons.